The van der Waals surface area contributed by atoms with E-state index in [0.717, 1.165) is 0 Å². The molecule has 29 heavy (non-hydrogen) atoms. The van der Waals surface area contributed by atoms with Gasteiger partial charge in [-0.2, -0.15) is 8.78 Å². The molecule has 0 aliphatic heterocycles. The van der Waals surface area contributed by atoms with Crippen LogP contribution in [0.15, 0.2) is 0 Å². The molecule has 0 atom stereocenters. The quantitative estimate of drug-likeness (QED) is 0.135. The van der Waals surface area contributed by atoms with Crippen LogP contribution in [0.25, 0.3) is 0 Å². The first-order chi connectivity index (χ1) is 13.4. The molecule has 0 unspecified atom stereocenters. The lowest BCUT2D eigenvalue weighted by Crippen LogP contribution is -2.50. The Bertz CT molecular complexity index is 615. The highest BCUT2D eigenvalue weighted by atomic mass is 28.4. The van der Waals surface area contributed by atoms with Gasteiger partial charge in [0.1, 0.15) is 0 Å². The van der Waals surface area contributed by atoms with Gasteiger partial charge in [-0.25, -0.2) is 13.2 Å². The fourth-order valence-corrected chi connectivity index (χ4v) is 6.02. The third-order valence-electron chi connectivity index (χ3n) is 3.54. The Hall–Kier alpha value is -1.23. The highest BCUT2D eigenvalue weighted by Crippen LogP contribution is 2.30. The summed E-state index contributed by atoms with van der Waals surface area (Å²) in [6.45, 7) is 10.9. The van der Waals surface area contributed by atoms with E-state index >= 15 is 0 Å². The Morgan fingerprint density at radius 1 is 0.621 bits per heavy atom. The fourth-order valence-electron chi connectivity index (χ4n) is 2.67. The van der Waals surface area contributed by atoms with E-state index in [1.54, 1.807) is 0 Å². The first kappa shape index (κ1) is 25.8. The van der Waals surface area contributed by atoms with Crippen LogP contribution in [0.5, 0.6) is 5.75 Å². The molecule has 1 rings (SSSR count). The van der Waals surface area contributed by atoms with Crippen molar-refractivity contribution in [2.45, 2.75) is 78.7 Å². The van der Waals surface area contributed by atoms with E-state index in [2.05, 4.69) is 0 Å². The maximum atomic E-state index is 13.6. The summed E-state index contributed by atoms with van der Waals surface area (Å²) in [6.07, 6.45) is 0.322. The maximum Gasteiger partial charge on any atom is 0.501 e. The van der Waals surface area contributed by atoms with Gasteiger partial charge in [0.25, 0.3) is 0 Å². The van der Waals surface area contributed by atoms with Crippen molar-refractivity contribution < 1.29 is 40.0 Å². The molecule has 0 bridgehead atoms. The van der Waals surface area contributed by atoms with Crippen molar-refractivity contribution in [3.63, 3.8) is 0 Å². The van der Waals surface area contributed by atoms with Gasteiger partial charge in [0, 0.05) is 24.4 Å². The van der Waals surface area contributed by atoms with Crippen LogP contribution in [0.1, 0.15) is 54.4 Å². The lowest BCUT2D eigenvalue weighted by atomic mass is 10.2. The van der Waals surface area contributed by atoms with Crippen molar-refractivity contribution in [3.8, 4) is 5.75 Å². The van der Waals surface area contributed by atoms with E-state index in [-0.39, 0.29) is 31.3 Å². The Kier molecular flexibility index (Phi) is 10.00. The van der Waals surface area contributed by atoms with Crippen LogP contribution < -0.4 is 4.74 Å². The first-order valence-corrected chi connectivity index (χ1v) is 11.5. The average molecular weight is 445 g/mol. The van der Waals surface area contributed by atoms with Crippen LogP contribution in [0.4, 0.5) is 22.0 Å². The van der Waals surface area contributed by atoms with E-state index in [1.807, 2.05) is 41.5 Å². The van der Waals surface area contributed by atoms with Gasteiger partial charge in [-0.15, -0.1) is 0 Å². The van der Waals surface area contributed by atoms with Crippen LogP contribution in [-0.4, -0.2) is 33.7 Å². The summed E-state index contributed by atoms with van der Waals surface area (Å²) in [6, 6.07) is 0.419. The van der Waals surface area contributed by atoms with Gasteiger partial charge in [0.15, 0.2) is 5.75 Å². The zero-order chi connectivity index (χ0) is 22.4. The molecular weight excluding hydrogens is 415 g/mol. The Morgan fingerprint density at radius 3 is 1.38 bits per heavy atom. The molecule has 1 aromatic carbocycles. The zero-order valence-electron chi connectivity index (χ0n) is 17.6. The van der Waals surface area contributed by atoms with Gasteiger partial charge < -0.3 is 18.0 Å². The summed E-state index contributed by atoms with van der Waals surface area (Å²) in [5.41, 5.74) is 0. The molecule has 0 saturated carbocycles. The first-order valence-electron chi connectivity index (χ1n) is 9.57. The maximum absolute atomic E-state index is 13.6. The van der Waals surface area contributed by atoms with Crippen molar-refractivity contribution in [2.24, 2.45) is 0 Å². The van der Waals surface area contributed by atoms with Gasteiger partial charge in [-0.05, 0) is 54.4 Å². The highest BCUT2D eigenvalue weighted by molar-refractivity contribution is 6.60. The predicted octanol–water partition coefficient (Wildman–Crippen LogP) is 5.76. The summed E-state index contributed by atoms with van der Waals surface area (Å²) in [5, 5.41) is 0. The minimum Gasteiger partial charge on any atom is -0.487 e. The summed E-state index contributed by atoms with van der Waals surface area (Å²) >= 11 is 0. The lowest BCUT2D eigenvalue weighted by Gasteiger charge is -2.34. The van der Waals surface area contributed by atoms with Gasteiger partial charge in [-0.1, -0.05) is 0 Å². The topological polar surface area (TPSA) is 36.9 Å². The second-order valence-electron chi connectivity index (χ2n) is 7.39. The number of hydrogen-bond acceptors (Lipinski definition) is 4. The third-order valence-corrected chi connectivity index (χ3v) is 7.00. The number of hydrogen-bond donors (Lipinski definition) is 0. The number of halogens is 5. The lowest BCUT2D eigenvalue weighted by molar-refractivity contribution is 0.00266. The second kappa shape index (κ2) is 11.2. The molecular formula is C19H29F5O4Si. The number of unbranched alkanes of at least 4 members (excludes halogenated alkanes) is 1. The SMILES string of the molecule is CC(C)O[Si](CCCCOc1c(F)c(F)c(F)c(F)c1F)(OC(C)C)OC(C)C. The zero-order valence-corrected chi connectivity index (χ0v) is 18.6. The molecule has 0 aromatic heterocycles. The highest BCUT2D eigenvalue weighted by Gasteiger charge is 2.43. The molecule has 4 nitrogen and oxygen atoms in total. The van der Waals surface area contributed by atoms with E-state index in [9.17, 15) is 22.0 Å². The van der Waals surface area contributed by atoms with Crippen molar-refractivity contribution in [1.82, 2.24) is 0 Å². The van der Waals surface area contributed by atoms with Crippen molar-refractivity contribution >= 4 is 8.80 Å². The Balaban J connectivity index is 2.77. The van der Waals surface area contributed by atoms with Gasteiger partial charge in [0.2, 0.25) is 29.1 Å². The molecule has 0 radical (unpaired) electrons. The molecule has 0 fully saturated rings. The van der Waals surface area contributed by atoms with Gasteiger partial charge in [-0.3, -0.25) is 0 Å². The molecule has 0 saturated heterocycles. The Morgan fingerprint density at radius 2 is 1.00 bits per heavy atom. The number of rotatable bonds is 12. The molecule has 1 aromatic rings. The number of benzene rings is 1. The number of ether oxygens (including phenoxy) is 1. The molecule has 0 aliphatic carbocycles. The largest absolute Gasteiger partial charge is 0.501 e. The van der Waals surface area contributed by atoms with Crippen LogP contribution in [0.3, 0.4) is 0 Å². The second-order valence-corrected chi connectivity index (χ2v) is 9.96. The summed E-state index contributed by atoms with van der Waals surface area (Å²) < 4.78 is 89.6. The van der Waals surface area contributed by atoms with Crippen LogP contribution in [0, 0.1) is 29.1 Å². The molecule has 0 amide bonds. The molecule has 168 valence electrons. The molecule has 10 heteroatoms. The molecule has 0 aliphatic rings. The van der Waals surface area contributed by atoms with Crippen LogP contribution >= 0.6 is 0 Å². The monoisotopic (exact) mass is 444 g/mol. The van der Waals surface area contributed by atoms with E-state index in [0.29, 0.717) is 12.5 Å². The average Bonchev–Trinajstić information content (AvgIpc) is 2.58. The third kappa shape index (κ3) is 7.51. The summed E-state index contributed by atoms with van der Waals surface area (Å²) in [5.74, 6) is -11.5. The van der Waals surface area contributed by atoms with E-state index < -0.39 is 43.6 Å². The van der Waals surface area contributed by atoms with Crippen molar-refractivity contribution in [1.29, 1.82) is 0 Å². The Labute approximate surface area is 169 Å². The predicted molar refractivity (Wildman–Crippen MR) is 100 cm³/mol. The van der Waals surface area contributed by atoms with Gasteiger partial charge >= 0.3 is 8.80 Å². The molecule has 0 N–H and O–H groups in total. The van der Waals surface area contributed by atoms with Gasteiger partial charge in [0.05, 0.1) is 6.61 Å². The summed E-state index contributed by atoms with van der Waals surface area (Å²) in [7, 11) is -3.03. The van der Waals surface area contributed by atoms with Crippen LogP contribution in [0.2, 0.25) is 6.04 Å². The smallest absolute Gasteiger partial charge is 0.487 e. The van der Waals surface area contributed by atoms with Crippen molar-refractivity contribution in [3.05, 3.63) is 29.1 Å². The summed E-state index contributed by atoms with van der Waals surface area (Å²) in [4.78, 5) is 0. The standard InChI is InChI=1S/C19H29F5O4Si/c1-11(2)26-29(27-12(3)4,28-13(5)6)10-8-7-9-25-19-17(23)15(21)14(20)16(22)18(19)24/h11-13H,7-10H2,1-6H3. The van der Waals surface area contributed by atoms with Crippen LogP contribution in [-0.2, 0) is 13.3 Å². The fraction of sp³-hybridized carbons (Fsp3) is 0.684. The van der Waals surface area contributed by atoms with E-state index in [4.69, 9.17) is 18.0 Å². The minimum absolute atomic E-state index is 0.135. The molecule has 0 heterocycles. The van der Waals surface area contributed by atoms with Crippen molar-refractivity contribution in [2.75, 3.05) is 6.61 Å². The normalized spacial score (nSPS) is 12.5. The van der Waals surface area contributed by atoms with E-state index in [1.165, 1.54) is 0 Å². The minimum atomic E-state index is -3.03. The molecule has 0 spiro atoms.